The van der Waals surface area contributed by atoms with E-state index in [0.717, 1.165) is 0 Å². The van der Waals surface area contributed by atoms with Crippen LogP contribution in [-0.4, -0.2) is 43.7 Å². The van der Waals surface area contributed by atoms with Crippen LogP contribution in [-0.2, 0) is 4.79 Å². The molecule has 1 fully saturated rings. The highest BCUT2D eigenvalue weighted by molar-refractivity contribution is 5.95. The maximum Gasteiger partial charge on any atom is 0.389 e. The summed E-state index contributed by atoms with van der Waals surface area (Å²) >= 11 is 0. The molecule has 3 aromatic rings. The lowest BCUT2D eigenvalue weighted by molar-refractivity contribution is -0.144. The molecule has 0 bridgehead atoms. The summed E-state index contributed by atoms with van der Waals surface area (Å²) in [6.07, 6.45) is -2.33. The molecule has 14 heteroatoms. The third-order valence-electron chi connectivity index (χ3n) is 7.17. The summed E-state index contributed by atoms with van der Waals surface area (Å²) in [6.45, 7) is 5.23. The summed E-state index contributed by atoms with van der Waals surface area (Å²) in [5.41, 5.74) is 1.92. The van der Waals surface area contributed by atoms with Gasteiger partial charge in [0.15, 0.2) is 5.65 Å². The summed E-state index contributed by atoms with van der Waals surface area (Å²) in [7, 11) is 0. The molecule has 2 amide bonds. The van der Waals surface area contributed by atoms with Gasteiger partial charge in [-0.2, -0.15) is 18.3 Å². The predicted molar refractivity (Wildman–Crippen MR) is 132 cm³/mol. The van der Waals surface area contributed by atoms with Crippen LogP contribution >= 0.6 is 0 Å². The molecule has 9 nitrogen and oxygen atoms in total. The fourth-order valence-electron chi connectivity index (χ4n) is 4.92. The standard InChI is InChI=1S/C26H31F5N6O3/c1-14(2)22(34-21(38)6-9-26(29,30)31)17-10-20-33-19(12-37(20)32-11-17)23(16-4-7-25(27,28)8-5-16)35-24(39)18-13-40-36-15(18)3/h10-14,16,22-23H,4-9H2,1-3H3,(H,34,38)(H,35,39)/t22?,23-/m0/s1. The number of amides is 2. The average Bonchev–Trinajstić information content (AvgIpc) is 3.49. The van der Waals surface area contributed by atoms with Crippen LogP contribution in [0.4, 0.5) is 22.0 Å². The molecule has 0 saturated heterocycles. The summed E-state index contributed by atoms with van der Waals surface area (Å²) < 4.78 is 71.8. The number of fused-ring (bicyclic) bond motifs is 1. The Kier molecular flexibility index (Phi) is 8.45. The van der Waals surface area contributed by atoms with Crippen molar-refractivity contribution in [1.29, 1.82) is 0 Å². The number of hydrogen-bond donors (Lipinski definition) is 2. The molecule has 0 radical (unpaired) electrons. The van der Waals surface area contributed by atoms with Gasteiger partial charge in [-0.05, 0) is 43.2 Å². The highest BCUT2D eigenvalue weighted by Gasteiger charge is 2.39. The Bertz CT molecular complexity index is 1340. The third kappa shape index (κ3) is 7.13. The number of aryl methyl sites for hydroxylation is 1. The second-order valence-corrected chi connectivity index (χ2v) is 10.6. The monoisotopic (exact) mass is 570 g/mol. The topological polar surface area (TPSA) is 114 Å². The van der Waals surface area contributed by atoms with E-state index in [1.54, 1.807) is 19.2 Å². The largest absolute Gasteiger partial charge is 0.389 e. The van der Waals surface area contributed by atoms with Gasteiger partial charge in [0.05, 0.1) is 42.3 Å². The van der Waals surface area contributed by atoms with E-state index in [1.807, 2.05) is 13.8 Å². The van der Waals surface area contributed by atoms with E-state index in [2.05, 4.69) is 25.9 Å². The van der Waals surface area contributed by atoms with Gasteiger partial charge in [0.1, 0.15) is 11.8 Å². The van der Waals surface area contributed by atoms with Crippen LogP contribution in [0, 0.1) is 18.8 Å². The Morgan fingerprint density at radius 2 is 1.90 bits per heavy atom. The Hall–Kier alpha value is -3.58. The van der Waals surface area contributed by atoms with Crippen LogP contribution in [0.3, 0.4) is 0 Å². The maximum absolute atomic E-state index is 13.9. The van der Waals surface area contributed by atoms with Crippen molar-refractivity contribution >= 4 is 17.5 Å². The van der Waals surface area contributed by atoms with Crippen molar-refractivity contribution in [2.75, 3.05) is 0 Å². The molecular formula is C26H31F5N6O3. The fraction of sp³-hybridized carbons (Fsp3) is 0.577. The predicted octanol–water partition coefficient (Wildman–Crippen LogP) is 5.48. The van der Waals surface area contributed by atoms with E-state index in [1.165, 1.54) is 17.0 Å². The smallest absolute Gasteiger partial charge is 0.364 e. The number of nitrogens with one attached hydrogen (secondary N) is 2. The van der Waals surface area contributed by atoms with Crippen molar-refractivity contribution in [2.24, 2.45) is 11.8 Å². The number of carbonyl (C=O) groups is 2. The van der Waals surface area contributed by atoms with Gasteiger partial charge in [-0.15, -0.1) is 0 Å². The van der Waals surface area contributed by atoms with Gasteiger partial charge in [-0.3, -0.25) is 9.59 Å². The molecule has 2 atom stereocenters. The Balaban J connectivity index is 1.60. The lowest BCUT2D eigenvalue weighted by atomic mass is 9.81. The quantitative estimate of drug-likeness (QED) is 0.330. The molecule has 1 saturated carbocycles. The molecule has 218 valence electrons. The van der Waals surface area contributed by atoms with Crippen LogP contribution in [0.2, 0.25) is 0 Å². The summed E-state index contributed by atoms with van der Waals surface area (Å²) in [4.78, 5) is 29.9. The Labute approximate surface area is 226 Å². The fourth-order valence-corrected chi connectivity index (χ4v) is 4.92. The van der Waals surface area contributed by atoms with Crippen molar-refractivity contribution in [3.63, 3.8) is 0 Å². The highest BCUT2D eigenvalue weighted by atomic mass is 19.4. The first kappa shape index (κ1) is 29.4. The molecule has 1 aliphatic carbocycles. The minimum absolute atomic E-state index is 0.170. The summed E-state index contributed by atoms with van der Waals surface area (Å²) in [6, 6.07) is 0.334. The average molecular weight is 571 g/mol. The number of alkyl halides is 5. The SMILES string of the molecule is Cc1nocc1C(=O)N[C@H](c1cn2ncc(C(NC(=O)CCC(F)(F)F)C(C)C)cc2n1)C1CCC(F)(F)CC1. The first-order valence-corrected chi connectivity index (χ1v) is 13.0. The number of aromatic nitrogens is 4. The summed E-state index contributed by atoms with van der Waals surface area (Å²) in [5, 5.41) is 13.6. The second-order valence-electron chi connectivity index (χ2n) is 10.6. The number of rotatable bonds is 9. The van der Waals surface area contributed by atoms with E-state index >= 15 is 0 Å². The van der Waals surface area contributed by atoms with Crippen LogP contribution in [0.5, 0.6) is 0 Å². The number of halogens is 5. The van der Waals surface area contributed by atoms with E-state index < -0.39 is 48.8 Å². The number of hydrogen-bond acceptors (Lipinski definition) is 6. The van der Waals surface area contributed by atoms with Crippen LogP contribution < -0.4 is 10.6 Å². The van der Waals surface area contributed by atoms with Gasteiger partial charge >= 0.3 is 6.18 Å². The van der Waals surface area contributed by atoms with E-state index in [4.69, 9.17) is 4.52 Å². The normalized spacial score (nSPS) is 17.6. The molecule has 0 spiro atoms. The van der Waals surface area contributed by atoms with E-state index in [9.17, 15) is 31.5 Å². The zero-order valence-electron chi connectivity index (χ0n) is 22.3. The minimum Gasteiger partial charge on any atom is -0.364 e. The molecular weight excluding hydrogens is 539 g/mol. The molecule has 0 aliphatic heterocycles. The molecule has 4 rings (SSSR count). The molecule has 1 aliphatic rings. The third-order valence-corrected chi connectivity index (χ3v) is 7.17. The zero-order valence-corrected chi connectivity index (χ0v) is 22.3. The minimum atomic E-state index is -4.44. The van der Waals surface area contributed by atoms with Crippen LogP contribution in [0.1, 0.15) is 91.8 Å². The lowest BCUT2D eigenvalue weighted by Crippen LogP contribution is -2.37. The zero-order chi connectivity index (χ0) is 29.2. The Morgan fingerprint density at radius 1 is 1.20 bits per heavy atom. The molecule has 3 heterocycles. The van der Waals surface area contributed by atoms with Gasteiger partial charge in [0.25, 0.3) is 5.91 Å². The number of nitrogens with zero attached hydrogens (tertiary/aromatic N) is 4. The molecule has 1 unspecified atom stereocenters. The number of carbonyl (C=O) groups excluding carboxylic acids is 2. The van der Waals surface area contributed by atoms with Crippen molar-refractivity contribution < 1.29 is 36.1 Å². The first-order chi connectivity index (χ1) is 18.7. The van der Waals surface area contributed by atoms with Crippen molar-refractivity contribution in [3.8, 4) is 0 Å². The van der Waals surface area contributed by atoms with Gasteiger partial charge < -0.3 is 15.2 Å². The second kappa shape index (κ2) is 11.5. The van der Waals surface area contributed by atoms with Crippen molar-refractivity contribution in [3.05, 3.63) is 47.2 Å². The van der Waals surface area contributed by atoms with Crippen LogP contribution in [0.15, 0.2) is 29.2 Å². The lowest BCUT2D eigenvalue weighted by Gasteiger charge is -2.33. The van der Waals surface area contributed by atoms with Crippen LogP contribution in [0.25, 0.3) is 5.65 Å². The van der Waals surface area contributed by atoms with Crippen molar-refractivity contribution in [2.45, 2.75) is 83.5 Å². The van der Waals surface area contributed by atoms with Gasteiger partial charge in [0, 0.05) is 19.3 Å². The summed E-state index contributed by atoms with van der Waals surface area (Å²) in [5.74, 6) is -4.46. The van der Waals surface area contributed by atoms with Gasteiger partial charge in [0.2, 0.25) is 11.8 Å². The van der Waals surface area contributed by atoms with E-state index in [0.29, 0.717) is 22.6 Å². The molecule has 2 N–H and O–H groups in total. The molecule has 40 heavy (non-hydrogen) atoms. The maximum atomic E-state index is 13.9. The van der Waals surface area contributed by atoms with E-state index in [-0.39, 0.29) is 43.1 Å². The molecule has 0 aromatic carbocycles. The molecule has 3 aromatic heterocycles. The van der Waals surface area contributed by atoms with Crippen molar-refractivity contribution in [1.82, 2.24) is 30.4 Å². The number of imidazole rings is 1. The van der Waals surface area contributed by atoms with Gasteiger partial charge in [-0.25, -0.2) is 18.3 Å². The Morgan fingerprint density at radius 3 is 2.50 bits per heavy atom. The highest BCUT2D eigenvalue weighted by Crippen LogP contribution is 2.41. The van der Waals surface area contributed by atoms with Gasteiger partial charge in [-0.1, -0.05) is 19.0 Å². The first-order valence-electron chi connectivity index (χ1n) is 13.0.